The molecule has 0 spiro atoms. The van der Waals surface area contributed by atoms with E-state index in [2.05, 4.69) is 19.2 Å². The predicted molar refractivity (Wildman–Crippen MR) is 198 cm³/mol. The Balaban J connectivity index is 3.55. The predicted octanol–water partition coefficient (Wildman–Crippen LogP) is 12.3. The highest BCUT2D eigenvalue weighted by Gasteiger charge is 2.17. The number of carbonyl (C=O) groups is 1. The number of hydrogen-bond acceptors (Lipinski definition) is 3. The summed E-state index contributed by atoms with van der Waals surface area (Å²) in [6.45, 7) is 4.32. The van der Waals surface area contributed by atoms with Gasteiger partial charge in [-0.15, -0.1) is 0 Å². The molecule has 1 amide bonds. The van der Waals surface area contributed by atoms with Crippen molar-refractivity contribution in [3.63, 3.8) is 0 Å². The molecule has 0 aromatic rings. The van der Waals surface area contributed by atoms with Crippen LogP contribution < -0.4 is 5.32 Å². The monoisotopic (exact) mass is 636 g/mol. The molecular weight excluding hydrogens is 554 g/mol. The number of aliphatic hydroxyl groups excluding tert-OH is 2. The van der Waals surface area contributed by atoms with Gasteiger partial charge in [-0.3, -0.25) is 4.79 Å². The molecule has 0 rings (SSSR count). The molecule has 0 saturated carbocycles. The van der Waals surface area contributed by atoms with E-state index in [4.69, 9.17) is 0 Å². The molecule has 0 aromatic carbocycles. The molecule has 0 aromatic heterocycles. The topological polar surface area (TPSA) is 69.6 Å². The number of rotatable bonds is 37. The Kier molecular flexibility index (Phi) is 36.9. The van der Waals surface area contributed by atoms with Crippen LogP contribution in [0.15, 0.2) is 12.2 Å². The largest absolute Gasteiger partial charge is 0.394 e. The summed E-state index contributed by atoms with van der Waals surface area (Å²) in [5, 5.41) is 23.0. The summed E-state index contributed by atoms with van der Waals surface area (Å²) in [4.78, 5) is 12.3. The fraction of sp³-hybridized carbons (Fsp3) is 0.927. The number of amides is 1. The molecule has 4 heteroatoms. The van der Waals surface area contributed by atoms with Gasteiger partial charge >= 0.3 is 0 Å². The number of aliphatic hydroxyl groups is 2. The first-order valence-electron chi connectivity index (χ1n) is 20.4. The lowest BCUT2D eigenvalue weighted by Gasteiger charge is -2.20. The normalized spacial score (nSPS) is 13.1. The van der Waals surface area contributed by atoms with E-state index in [1.807, 2.05) is 6.08 Å². The molecule has 0 aliphatic rings. The average molecular weight is 636 g/mol. The van der Waals surface area contributed by atoms with Gasteiger partial charge in [0.2, 0.25) is 5.91 Å². The minimum Gasteiger partial charge on any atom is -0.394 e. The van der Waals surface area contributed by atoms with E-state index in [9.17, 15) is 15.0 Å². The summed E-state index contributed by atoms with van der Waals surface area (Å²) >= 11 is 0. The van der Waals surface area contributed by atoms with Gasteiger partial charge in [-0.2, -0.15) is 0 Å². The van der Waals surface area contributed by atoms with Gasteiger partial charge in [0, 0.05) is 6.42 Å². The second kappa shape index (κ2) is 37.6. The van der Waals surface area contributed by atoms with Gasteiger partial charge in [-0.25, -0.2) is 0 Å². The summed E-state index contributed by atoms with van der Waals surface area (Å²) in [5.41, 5.74) is 0. The van der Waals surface area contributed by atoms with E-state index in [-0.39, 0.29) is 12.5 Å². The zero-order valence-corrected chi connectivity index (χ0v) is 30.7. The maximum absolute atomic E-state index is 12.3. The van der Waals surface area contributed by atoms with E-state index in [1.165, 1.54) is 180 Å². The third-order valence-electron chi connectivity index (χ3n) is 9.52. The molecule has 45 heavy (non-hydrogen) atoms. The van der Waals surface area contributed by atoms with Crippen LogP contribution in [0.3, 0.4) is 0 Å². The molecule has 4 nitrogen and oxygen atoms in total. The molecule has 0 fully saturated rings. The Hall–Kier alpha value is -0.870. The minimum atomic E-state index is -0.832. The van der Waals surface area contributed by atoms with Gasteiger partial charge in [0.05, 0.1) is 18.8 Å². The molecule has 0 heterocycles. The Bertz CT molecular complexity index is 608. The number of hydrogen-bond donors (Lipinski definition) is 3. The van der Waals surface area contributed by atoms with Gasteiger partial charge < -0.3 is 15.5 Å². The van der Waals surface area contributed by atoms with Crippen LogP contribution in [0.2, 0.25) is 0 Å². The first-order chi connectivity index (χ1) is 22.2. The average Bonchev–Trinajstić information content (AvgIpc) is 3.04. The summed E-state index contributed by atoms with van der Waals surface area (Å²) in [5.74, 6) is -0.0607. The minimum absolute atomic E-state index is 0.0607. The molecule has 3 N–H and O–H groups in total. The third kappa shape index (κ3) is 34.3. The van der Waals surface area contributed by atoms with Crippen molar-refractivity contribution in [1.82, 2.24) is 5.32 Å². The Morgan fingerprint density at radius 2 is 0.822 bits per heavy atom. The maximum atomic E-state index is 12.3. The molecule has 0 bridgehead atoms. The molecular formula is C41H81NO3. The number of unbranched alkanes of at least 4 members (excludes halogenated alkanes) is 30. The summed E-state index contributed by atoms with van der Waals surface area (Å²) in [6.07, 6.45) is 45.9. The smallest absolute Gasteiger partial charge is 0.220 e. The third-order valence-corrected chi connectivity index (χ3v) is 9.52. The zero-order valence-electron chi connectivity index (χ0n) is 30.7. The molecule has 0 aliphatic heterocycles. The Morgan fingerprint density at radius 1 is 0.511 bits per heavy atom. The van der Waals surface area contributed by atoms with Crippen molar-refractivity contribution in [2.75, 3.05) is 6.61 Å². The van der Waals surface area contributed by atoms with Gasteiger partial charge in [0.15, 0.2) is 0 Å². The standard InChI is InChI=1S/C41H81NO3/c1-3-5-7-9-11-13-15-17-19-21-23-25-27-29-31-33-35-37-41(45)42-39(38-43)40(44)36-34-32-30-28-26-24-22-20-18-16-14-12-10-8-6-4-2/h34,36,39-40,43-44H,3-33,35,37-38H2,1-2H3,(H,42,45)/b36-34+/t39-,40+/m0/s1. The molecule has 0 aliphatic carbocycles. The second-order valence-corrected chi connectivity index (χ2v) is 14.1. The van der Waals surface area contributed by atoms with Crippen LogP contribution in [0, 0.1) is 0 Å². The highest BCUT2D eigenvalue weighted by molar-refractivity contribution is 5.76. The van der Waals surface area contributed by atoms with Crippen molar-refractivity contribution in [2.24, 2.45) is 0 Å². The van der Waals surface area contributed by atoms with Crippen molar-refractivity contribution in [3.8, 4) is 0 Å². The van der Waals surface area contributed by atoms with Crippen LogP contribution in [0.5, 0.6) is 0 Å². The zero-order chi connectivity index (χ0) is 32.9. The van der Waals surface area contributed by atoms with Gasteiger partial charge in [-0.05, 0) is 19.3 Å². The van der Waals surface area contributed by atoms with Gasteiger partial charge in [-0.1, -0.05) is 212 Å². The molecule has 268 valence electrons. The van der Waals surface area contributed by atoms with Crippen LogP contribution in [0.25, 0.3) is 0 Å². The number of allylic oxidation sites excluding steroid dienone is 1. The molecule has 0 saturated heterocycles. The molecule has 2 atom stereocenters. The van der Waals surface area contributed by atoms with Crippen LogP contribution in [-0.4, -0.2) is 34.9 Å². The highest BCUT2D eigenvalue weighted by Crippen LogP contribution is 2.15. The van der Waals surface area contributed by atoms with Crippen molar-refractivity contribution in [1.29, 1.82) is 0 Å². The van der Waals surface area contributed by atoms with Crippen LogP contribution >= 0.6 is 0 Å². The van der Waals surface area contributed by atoms with E-state index in [0.29, 0.717) is 6.42 Å². The number of nitrogens with one attached hydrogen (secondary N) is 1. The lowest BCUT2D eigenvalue weighted by Crippen LogP contribution is -2.45. The maximum Gasteiger partial charge on any atom is 0.220 e. The quantitative estimate of drug-likeness (QED) is 0.0470. The number of carbonyl (C=O) groups excluding carboxylic acids is 1. The van der Waals surface area contributed by atoms with E-state index in [1.54, 1.807) is 6.08 Å². The lowest BCUT2D eigenvalue weighted by molar-refractivity contribution is -0.123. The fourth-order valence-corrected chi connectivity index (χ4v) is 6.35. The Labute approximate surface area is 282 Å². The van der Waals surface area contributed by atoms with Gasteiger partial charge in [0.25, 0.3) is 0 Å². The fourth-order valence-electron chi connectivity index (χ4n) is 6.35. The first kappa shape index (κ1) is 44.1. The van der Waals surface area contributed by atoms with Crippen molar-refractivity contribution in [3.05, 3.63) is 12.2 Å². The first-order valence-corrected chi connectivity index (χ1v) is 20.4. The van der Waals surface area contributed by atoms with E-state index >= 15 is 0 Å². The second-order valence-electron chi connectivity index (χ2n) is 14.1. The SMILES string of the molecule is CCCCCCCCCCCCCCCC/C=C/[C@@H](O)[C@H](CO)NC(=O)CCCCCCCCCCCCCCCCCCC. The Morgan fingerprint density at radius 3 is 1.16 bits per heavy atom. The van der Waals surface area contributed by atoms with Crippen LogP contribution in [0.1, 0.15) is 226 Å². The van der Waals surface area contributed by atoms with Crippen LogP contribution in [-0.2, 0) is 4.79 Å². The summed E-state index contributed by atoms with van der Waals surface area (Å²) in [7, 11) is 0. The van der Waals surface area contributed by atoms with Crippen molar-refractivity contribution >= 4 is 5.91 Å². The molecule has 0 radical (unpaired) electrons. The van der Waals surface area contributed by atoms with E-state index < -0.39 is 12.1 Å². The van der Waals surface area contributed by atoms with E-state index in [0.717, 1.165) is 25.7 Å². The summed E-state index contributed by atoms with van der Waals surface area (Å²) in [6, 6.07) is -0.615. The van der Waals surface area contributed by atoms with Crippen LogP contribution in [0.4, 0.5) is 0 Å². The van der Waals surface area contributed by atoms with Crippen molar-refractivity contribution in [2.45, 2.75) is 238 Å². The van der Waals surface area contributed by atoms with Crippen molar-refractivity contribution < 1.29 is 15.0 Å². The lowest BCUT2D eigenvalue weighted by atomic mass is 10.0. The van der Waals surface area contributed by atoms with Gasteiger partial charge in [0.1, 0.15) is 0 Å². The summed E-state index contributed by atoms with van der Waals surface area (Å²) < 4.78 is 0. The molecule has 0 unspecified atom stereocenters. The highest BCUT2D eigenvalue weighted by atomic mass is 16.3.